The molecule has 0 atom stereocenters. The van der Waals surface area contributed by atoms with Gasteiger partial charge >= 0.3 is 6.85 Å². The van der Waals surface area contributed by atoms with E-state index in [0.29, 0.717) is 0 Å². The van der Waals surface area contributed by atoms with Gasteiger partial charge in [0, 0.05) is 87.9 Å². The summed E-state index contributed by atoms with van der Waals surface area (Å²) in [5.74, 6) is 0. The van der Waals surface area contributed by atoms with Crippen LogP contribution < -0.4 is 26.0 Å². The van der Waals surface area contributed by atoms with E-state index in [1.807, 2.05) is 11.3 Å². The lowest BCUT2D eigenvalue weighted by Gasteiger charge is -2.45. The molecule has 0 amide bonds. The Morgan fingerprint density at radius 2 is 1.06 bits per heavy atom. The van der Waals surface area contributed by atoms with Crippen LogP contribution >= 0.6 is 11.3 Å². The van der Waals surface area contributed by atoms with E-state index in [2.05, 4.69) is 251 Å². The Bertz CT molecular complexity index is 4100. The molecule has 2 aromatic heterocycles. The van der Waals surface area contributed by atoms with Gasteiger partial charge in [-0.3, -0.25) is 0 Å². The second-order valence-corrected chi connectivity index (χ2v) is 29.5. The molecule has 2 aliphatic carbocycles. The fourth-order valence-electron chi connectivity index (χ4n) is 14.2. The maximum atomic E-state index is 7.03. The van der Waals surface area contributed by atoms with Crippen LogP contribution in [0.15, 0.2) is 144 Å². The van der Waals surface area contributed by atoms with E-state index in [1.54, 1.807) is 0 Å². The fraction of sp³-hybridized carbons (Fsp3) is 0.333. The molecular formula is C72H74BN3OS. The summed E-state index contributed by atoms with van der Waals surface area (Å²) in [4.78, 5) is 5.20. The van der Waals surface area contributed by atoms with Crippen molar-refractivity contribution in [1.82, 2.24) is 0 Å². The molecule has 4 nitrogen and oxygen atoms in total. The summed E-state index contributed by atoms with van der Waals surface area (Å²) in [6.45, 7) is 33.2. The highest BCUT2D eigenvalue weighted by atomic mass is 32.1. The minimum atomic E-state index is -0.148. The van der Waals surface area contributed by atoms with Gasteiger partial charge in [-0.25, -0.2) is 0 Å². The number of hydrogen-bond donors (Lipinski definition) is 1. The topological polar surface area (TPSA) is 31.6 Å². The van der Waals surface area contributed by atoms with Crippen LogP contribution in [0, 0.1) is 0 Å². The lowest BCUT2D eigenvalue weighted by atomic mass is 9.43. The normalized spacial score (nSPS) is 17.6. The molecule has 10 aromatic rings. The lowest BCUT2D eigenvalue weighted by Crippen LogP contribution is -2.60. The van der Waals surface area contributed by atoms with E-state index in [-0.39, 0.29) is 39.3 Å². The van der Waals surface area contributed by atoms with Gasteiger partial charge < -0.3 is 19.4 Å². The van der Waals surface area contributed by atoms with Crippen molar-refractivity contribution in [1.29, 1.82) is 0 Å². The second-order valence-electron chi connectivity index (χ2n) is 28.4. The Kier molecular flexibility index (Phi) is 10.4. The molecule has 6 heteroatoms. The Balaban J connectivity index is 1.06. The summed E-state index contributed by atoms with van der Waals surface area (Å²) in [5, 5.41) is 9.12. The number of furan rings is 1. The number of fused-ring (bicyclic) bond motifs is 13. The third-order valence-electron chi connectivity index (χ3n) is 19.3. The van der Waals surface area contributed by atoms with E-state index in [0.717, 1.165) is 58.9 Å². The molecule has 0 fully saturated rings. The van der Waals surface area contributed by atoms with Gasteiger partial charge in [0.1, 0.15) is 11.2 Å². The first-order chi connectivity index (χ1) is 36.9. The summed E-state index contributed by atoms with van der Waals surface area (Å²) in [6.07, 6.45) is 4.65. The SMILES string of the molecule is CC(C)(C)c1ccc(N(c2ccc(C(C)(C)C)cc2)c2ccc3c(c2)-c2c4c(cc5c2sc2ccccc25)Nc2cc5oc6cc7c(cc6c5cc2B4N3c2ccc3c(c2)C(C)(C)CCC3(C)C)C(C)(C)CCC7(C)C)cc1. The summed E-state index contributed by atoms with van der Waals surface area (Å²) in [5.41, 5.74) is 23.9. The van der Waals surface area contributed by atoms with Crippen LogP contribution in [0.25, 0.3) is 53.2 Å². The third-order valence-corrected chi connectivity index (χ3v) is 20.5. The van der Waals surface area contributed by atoms with Gasteiger partial charge in [0.15, 0.2) is 0 Å². The van der Waals surface area contributed by atoms with E-state index in [9.17, 15) is 0 Å². The largest absolute Gasteiger partial charge is 0.456 e. The van der Waals surface area contributed by atoms with Crippen molar-refractivity contribution in [2.45, 2.75) is 155 Å². The molecule has 0 radical (unpaired) electrons. The molecule has 0 saturated carbocycles. The monoisotopic (exact) mass is 1040 g/mol. The van der Waals surface area contributed by atoms with Gasteiger partial charge in [-0.2, -0.15) is 0 Å². The first-order valence-electron chi connectivity index (χ1n) is 28.8. The van der Waals surface area contributed by atoms with Crippen LogP contribution in [-0.4, -0.2) is 6.85 Å². The van der Waals surface area contributed by atoms with E-state index < -0.39 is 0 Å². The molecule has 4 aliphatic rings. The van der Waals surface area contributed by atoms with Crippen LogP contribution in [0.4, 0.5) is 39.8 Å². The van der Waals surface area contributed by atoms with Gasteiger partial charge in [-0.05, 0) is 181 Å². The van der Waals surface area contributed by atoms with Crippen LogP contribution in [0.3, 0.4) is 0 Å². The van der Waals surface area contributed by atoms with Crippen molar-refractivity contribution in [3.05, 3.63) is 173 Å². The molecule has 0 saturated heterocycles. The number of nitrogens with zero attached hydrogens (tertiary/aromatic N) is 2. The highest BCUT2D eigenvalue weighted by Gasteiger charge is 2.46. The zero-order chi connectivity index (χ0) is 54.4. The molecule has 0 unspecified atom stereocenters. The highest BCUT2D eigenvalue weighted by molar-refractivity contribution is 7.26. The van der Waals surface area contributed by atoms with Crippen molar-refractivity contribution in [2.75, 3.05) is 15.0 Å². The molecule has 4 heterocycles. The first-order valence-corrected chi connectivity index (χ1v) is 29.6. The molecule has 8 aromatic carbocycles. The predicted octanol–water partition coefficient (Wildman–Crippen LogP) is 19.7. The summed E-state index contributed by atoms with van der Waals surface area (Å²) in [6, 6.07) is 54.7. The molecule has 0 bridgehead atoms. The number of hydrogen-bond acceptors (Lipinski definition) is 5. The Labute approximate surface area is 467 Å². The minimum Gasteiger partial charge on any atom is -0.456 e. The number of thiophene rings is 1. The summed E-state index contributed by atoms with van der Waals surface area (Å²) in [7, 11) is 0. The van der Waals surface area contributed by atoms with E-state index in [1.165, 1.54) is 104 Å². The average Bonchev–Trinajstić information content (AvgIpc) is 3.54. The molecule has 2 aliphatic heterocycles. The quantitative estimate of drug-likeness (QED) is 0.178. The van der Waals surface area contributed by atoms with Crippen molar-refractivity contribution in [2.24, 2.45) is 0 Å². The van der Waals surface area contributed by atoms with E-state index >= 15 is 0 Å². The van der Waals surface area contributed by atoms with Crippen LogP contribution in [0.2, 0.25) is 0 Å². The summed E-state index contributed by atoms with van der Waals surface area (Å²) < 4.78 is 9.66. The molecular weight excluding hydrogens is 966 g/mol. The standard InChI is InChI=1S/C72H74BN3OS/c1-67(2,3)42-19-23-44(24-20-42)75(45-25-21-43(22-26-45)68(4,5)6)46-28-30-60-52(35-46)64-65-59(39-51-48-17-15-16-18-63(48)78-66(51)64)74-58-41-62-50(49-37-55-56(40-61(49)77-62)72(13,14)34-33-71(55,11)12)38-57(58)73(65)76(60)47-27-29-53-54(36-47)70(9,10)32-31-69(53,7)8/h15-30,35-41,74H,31-34H2,1-14H3. The fourth-order valence-corrected chi connectivity index (χ4v) is 15.5. The third kappa shape index (κ3) is 7.44. The number of anilines is 7. The Morgan fingerprint density at radius 1 is 0.513 bits per heavy atom. The van der Waals surface area contributed by atoms with E-state index in [4.69, 9.17) is 4.42 Å². The highest BCUT2D eigenvalue weighted by Crippen LogP contribution is 2.55. The zero-order valence-corrected chi connectivity index (χ0v) is 49.2. The lowest BCUT2D eigenvalue weighted by molar-refractivity contribution is 0.332. The van der Waals surface area contributed by atoms with Crippen LogP contribution in [0.1, 0.15) is 156 Å². The number of benzene rings is 8. The first kappa shape index (κ1) is 49.5. The van der Waals surface area contributed by atoms with Crippen molar-refractivity contribution in [3.63, 3.8) is 0 Å². The molecule has 0 spiro atoms. The summed E-state index contributed by atoms with van der Waals surface area (Å²) >= 11 is 1.94. The Morgan fingerprint density at radius 3 is 1.69 bits per heavy atom. The average molecular weight is 1040 g/mol. The maximum absolute atomic E-state index is 7.03. The molecule has 14 rings (SSSR count). The van der Waals surface area contributed by atoms with Gasteiger partial charge in [0.2, 0.25) is 0 Å². The van der Waals surface area contributed by atoms with Gasteiger partial charge in [0.25, 0.3) is 0 Å². The van der Waals surface area contributed by atoms with Crippen LogP contribution in [-0.2, 0) is 32.5 Å². The van der Waals surface area contributed by atoms with Crippen molar-refractivity contribution < 1.29 is 4.42 Å². The molecule has 1 N–H and O–H groups in total. The number of nitrogens with one attached hydrogen (secondary N) is 1. The van der Waals surface area contributed by atoms with Gasteiger partial charge in [-0.15, -0.1) is 11.3 Å². The number of rotatable bonds is 4. The van der Waals surface area contributed by atoms with Gasteiger partial charge in [-0.1, -0.05) is 152 Å². The van der Waals surface area contributed by atoms with Crippen molar-refractivity contribution >= 4 is 111 Å². The zero-order valence-electron chi connectivity index (χ0n) is 48.4. The minimum absolute atomic E-state index is 0.0244. The van der Waals surface area contributed by atoms with Crippen molar-refractivity contribution in [3.8, 4) is 11.1 Å². The maximum Gasteiger partial charge on any atom is 0.333 e. The smallest absolute Gasteiger partial charge is 0.333 e. The Hall–Kier alpha value is -6.76. The van der Waals surface area contributed by atoms with Crippen LogP contribution in [0.5, 0.6) is 0 Å². The molecule has 392 valence electrons. The second kappa shape index (κ2) is 16.4. The predicted molar refractivity (Wildman–Crippen MR) is 338 cm³/mol. The molecule has 78 heavy (non-hydrogen) atoms. The van der Waals surface area contributed by atoms with Gasteiger partial charge in [0.05, 0.1) is 0 Å².